The van der Waals surface area contributed by atoms with Gasteiger partial charge in [0.1, 0.15) is 6.61 Å². The first-order valence-corrected chi connectivity index (χ1v) is 5.99. The SMILES string of the molecule is O=C(O)COCCNC(=O)CNC(=O)c1ccccc1. The molecule has 0 aliphatic rings. The van der Waals surface area contributed by atoms with Gasteiger partial charge in [-0.2, -0.15) is 0 Å². The van der Waals surface area contributed by atoms with Gasteiger partial charge in [-0.1, -0.05) is 18.2 Å². The van der Waals surface area contributed by atoms with Crippen LogP contribution in [0.4, 0.5) is 0 Å². The zero-order chi connectivity index (χ0) is 14.8. The minimum atomic E-state index is -1.06. The van der Waals surface area contributed by atoms with E-state index < -0.39 is 12.6 Å². The maximum atomic E-state index is 11.6. The van der Waals surface area contributed by atoms with Gasteiger partial charge in [-0.25, -0.2) is 4.79 Å². The summed E-state index contributed by atoms with van der Waals surface area (Å²) in [5.41, 5.74) is 0.477. The van der Waals surface area contributed by atoms with Crippen molar-refractivity contribution >= 4 is 17.8 Å². The molecule has 0 radical (unpaired) electrons. The second-order valence-electron chi connectivity index (χ2n) is 3.84. The lowest BCUT2D eigenvalue weighted by Crippen LogP contribution is -2.38. The summed E-state index contributed by atoms with van der Waals surface area (Å²) in [7, 11) is 0. The number of carboxylic acids is 1. The van der Waals surface area contributed by atoms with Crippen LogP contribution in [0.2, 0.25) is 0 Å². The molecule has 7 nitrogen and oxygen atoms in total. The second kappa shape index (κ2) is 8.65. The summed E-state index contributed by atoms with van der Waals surface area (Å²) in [6.45, 7) is -0.259. The van der Waals surface area contributed by atoms with E-state index in [-0.39, 0.29) is 31.5 Å². The van der Waals surface area contributed by atoms with Crippen LogP contribution in [0.5, 0.6) is 0 Å². The van der Waals surface area contributed by atoms with Crippen LogP contribution in [0.1, 0.15) is 10.4 Å². The molecule has 0 bridgehead atoms. The summed E-state index contributed by atoms with van der Waals surface area (Å²) in [4.78, 5) is 33.1. The summed E-state index contributed by atoms with van der Waals surface area (Å²) >= 11 is 0. The number of benzene rings is 1. The molecule has 0 unspecified atom stereocenters. The third-order valence-electron chi connectivity index (χ3n) is 2.24. The van der Waals surface area contributed by atoms with E-state index >= 15 is 0 Å². The molecule has 0 spiro atoms. The zero-order valence-corrected chi connectivity index (χ0v) is 10.8. The third-order valence-corrected chi connectivity index (χ3v) is 2.24. The number of hydrogen-bond acceptors (Lipinski definition) is 4. The zero-order valence-electron chi connectivity index (χ0n) is 10.8. The predicted octanol–water partition coefficient (Wildman–Crippen LogP) is -0.366. The topological polar surface area (TPSA) is 105 Å². The van der Waals surface area contributed by atoms with Crippen LogP contribution < -0.4 is 10.6 Å². The molecular weight excluding hydrogens is 264 g/mol. The maximum Gasteiger partial charge on any atom is 0.329 e. The van der Waals surface area contributed by atoms with Gasteiger partial charge in [-0.15, -0.1) is 0 Å². The average Bonchev–Trinajstić information content (AvgIpc) is 2.45. The van der Waals surface area contributed by atoms with Gasteiger partial charge >= 0.3 is 5.97 Å². The van der Waals surface area contributed by atoms with Gasteiger partial charge in [0.25, 0.3) is 5.91 Å². The number of amides is 2. The molecule has 1 rings (SSSR count). The Morgan fingerprint density at radius 1 is 1.10 bits per heavy atom. The summed E-state index contributed by atoms with van der Waals surface area (Å²) < 4.78 is 4.74. The van der Waals surface area contributed by atoms with Gasteiger partial charge < -0.3 is 20.5 Å². The largest absolute Gasteiger partial charge is 0.480 e. The molecule has 1 aromatic rings. The molecule has 0 aromatic heterocycles. The summed E-state index contributed by atoms with van der Waals surface area (Å²) in [5, 5.41) is 13.3. The van der Waals surface area contributed by atoms with Crippen molar-refractivity contribution in [2.24, 2.45) is 0 Å². The van der Waals surface area contributed by atoms with E-state index in [1.165, 1.54) is 0 Å². The van der Waals surface area contributed by atoms with E-state index in [2.05, 4.69) is 10.6 Å². The van der Waals surface area contributed by atoms with Crippen molar-refractivity contribution < 1.29 is 24.2 Å². The van der Waals surface area contributed by atoms with Gasteiger partial charge in [0, 0.05) is 12.1 Å². The highest BCUT2D eigenvalue weighted by Gasteiger charge is 2.06. The van der Waals surface area contributed by atoms with Gasteiger partial charge in [-0.3, -0.25) is 9.59 Å². The Kier molecular flexibility index (Phi) is 6.77. The van der Waals surface area contributed by atoms with Crippen LogP contribution in [0.3, 0.4) is 0 Å². The molecule has 0 saturated carbocycles. The van der Waals surface area contributed by atoms with Gasteiger partial charge in [-0.05, 0) is 12.1 Å². The molecule has 3 N–H and O–H groups in total. The number of aliphatic carboxylic acids is 1. The Bertz CT molecular complexity index is 461. The van der Waals surface area contributed by atoms with E-state index in [0.717, 1.165) is 0 Å². The number of rotatable bonds is 8. The fraction of sp³-hybridized carbons (Fsp3) is 0.308. The van der Waals surface area contributed by atoms with E-state index in [9.17, 15) is 14.4 Å². The molecule has 0 fully saturated rings. The molecule has 0 saturated heterocycles. The van der Waals surface area contributed by atoms with Gasteiger partial charge in [0.2, 0.25) is 5.91 Å². The number of carbonyl (C=O) groups is 3. The van der Waals surface area contributed by atoms with Crippen molar-refractivity contribution in [2.45, 2.75) is 0 Å². The quantitative estimate of drug-likeness (QED) is 0.564. The van der Waals surface area contributed by atoms with Crippen LogP contribution in [0, 0.1) is 0 Å². The van der Waals surface area contributed by atoms with E-state index in [1.807, 2.05) is 0 Å². The normalized spacial score (nSPS) is 9.80. The molecule has 0 heterocycles. The molecular formula is C13H16N2O5. The summed E-state index contributed by atoms with van der Waals surface area (Å²) in [6, 6.07) is 8.55. The fourth-order valence-corrected chi connectivity index (χ4v) is 1.34. The second-order valence-corrected chi connectivity index (χ2v) is 3.84. The Morgan fingerprint density at radius 2 is 1.80 bits per heavy atom. The Hall–Kier alpha value is -2.41. The Labute approximate surface area is 115 Å². The molecule has 0 aliphatic heterocycles. The lowest BCUT2D eigenvalue weighted by molar-refractivity contribution is -0.142. The van der Waals surface area contributed by atoms with E-state index in [0.29, 0.717) is 5.56 Å². The van der Waals surface area contributed by atoms with Gasteiger partial charge in [0.05, 0.1) is 13.2 Å². The van der Waals surface area contributed by atoms with Crippen LogP contribution in [-0.2, 0) is 14.3 Å². The molecule has 7 heteroatoms. The van der Waals surface area contributed by atoms with Crippen LogP contribution >= 0.6 is 0 Å². The lowest BCUT2D eigenvalue weighted by atomic mass is 10.2. The number of carbonyl (C=O) groups excluding carboxylic acids is 2. The first-order valence-electron chi connectivity index (χ1n) is 5.99. The smallest absolute Gasteiger partial charge is 0.329 e. The van der Waals surface area contributed by atoms with Crippen LogP contribution in [0.25, 0.3) is 0 Å². The molecule has 0 aliphatic carbocycles. The molecule has 108 valence electrons. The van der Waals surface area contributed by atoms with Gasteiger partial charge in [0.15, 0.2) is 0 Å². The minimum absolute atomic E-state index is 0.102. The van der Waals surface area contributed by atoms with Crippen molar-refractivity contribution in [3.63, 3.8) is 0 Å². The first-order chi connectivity index (χ1) is 9.59. The number of ether oxygens (including phenoxy) is 1. The Balaban J connectivity index is 2.14. The van der Waals surface area contributed by atoms with Crippen molar-refractivity contribution in [2.75, 3.05) is 26.3 Å². The van der Waals surface area contributed by atoms with E-state index in [1.54, 1.807) is 30.3 Å². The van der Waals surface area contributed by atoms with Crippen molar-refractivity contribution in [3.8, 4) is 0 Å². The molecule has 0 atom stereocenters. The van der Waals surface area contributed by atoms with Crippen LogP contribution in [-0.4, -0.2) is 49.2 Å². The van der Waals surface area contributed by atoms with E-state index in [4.69, 9.17) is 9.84 Å². The first kappa shape index (κ1) is 15.6. The highest BCUT2D eigenvalue weighted by atomic mass is 16.5. The average molecular weight is 280 g/mol. The number of carboxylic acid groups (broad SMARTS) is 1. The maximum absolute atomic E-state index is 11.6. The monoisotopic (exact) mass is 280 g/mol. The third kappa shape index (κ3) is 6.50. The minimum Gasteiger partial charge on any atom is -0.480 e. The number of nitrogens with one attached hydrogen (secondary N) is 2. The van der Waals surface area contributed by atoms with Crippen molar-refractivity contribution in [3.05, 3.63) is 35.9 Å². The summed E-state index contributed by atoms with van der Waals surface area (Å²) in [6.07, 6.45) is 0. The van der Waals surface area contributed by atoms with Crippen LogP contribution in [0.15, 0.2) is 30.3 Å². The molecule has 2 amide bonds. The summed E-state index contributed by atoms with van der Waals surface area (Å²) in [5.74, 6) is -1.76. The number of hydrogen-bond donors (Lipinski definition) is 3. The Morgan fingerprint density at radius 3 is 2.45 bits per heavy atom. The lowest BCUT2D eigenvalue weighted by Gasteiger charge is -2.07. The molecule has 1 aromatic carbocycles. The predicted molar refractivity (Wildman–Crippen MR) is 70.2 cm³/mol. The highest BCUT2D eigenvalue weighted by Crippen LogP contribution is 1.96. The standard InChI is InChI=1S/C13H16N2O5/c16-11(14-6-7-20-9-12(17)18)8-15-13(19)10-4-2-1-3-5-10/h1-5H,6-9H2,(H,14,16)(H,15,19)(H,17,18). The van der Waals surface area contributed by atoms with Crippen molar-refractivity contribution in [1.82, 2.24) is 10.6 Å². The molecule has 20 heavy (non-hydrogen) atoms. The van der Waals surface area contributed by atoms with Crippen molar-refractivity contribution in [1.29, 1.82) is 0 Å². The highest BCUT2D eigenvalue weighted by molar-refractivity contribution is 5.96. The fourth-order valence-electron chi connectivity index (χ4n) is 1.34.